The summed E-state index contributed by atoms with van der Waals surface area (Å²) in [4.78, 5) is 23.2. The summed E-state index contributed by atoms with van der Waals surface area (Å²) in [5.74, 6) is 0.208. The quantitative estimate of drug-likeness (QED) is 0.793. The second-order valence-electron chi connectivity index (χ2n) is 3.37. The number of aromatic nitrogens is 3. The highest BCUT2D eigenvalue weighted by molar-refractivity contribution is 5.91. The van der Waals surface area contributed by atoms with E-state index in [1.807, 2.05) is 6.07 Å². The lowest BCUT2D eigenvalue weighted by Crippen LogP contribution is -2.23. The molecule has 2 heterocycles. The molecule has 0 saturated carbocycles. The fourth-order valence-electron chi connectivity index (χ4n) is 1.24. The van der Waals surface area contributed by atoms with Crippen molar-refractivity contribution in [1.82, 2.24) is 20.3 Å². The number of hydrogen-bond acceptors (Lipinski definition) is 5. The van der Waals surface area contributed by atoms with Gasteiger partial charge in [-0.2, -0.15) is 0 Å². The molecule has 0 spiro atoms. The van der Waals surface area contributed by atoms with Gasteiger partial charge in [-0.15, -0.1) is 0 Å². The van der Waals surface area contributed by atoms with Crippen molar-refractivity contribution in [2.45, 2.75) is 6.54 Å². The van der Waals surface area contributed by atoms with Crippen LogP contribution in [0.5, 0.6) is 0 Å². The van der Waals surface area contributed by atoms with Crippen LogP contribution in [0.25, 0.3) is 0 Å². The van der Waals surface area contributed by atoms with Gasteiger partial charge < -0.3 is 11.1 Å². The number of nitrogens with one attached hydrogen (secondary N) is 1. The minimum atomic E-state index is -0.246. The van der Waals surface area contributed by atoms with E-state index in [0.29, 0.717) is 18.1 Å². The molecule has 0 fully saturated rings. The van der Waals surface area contributed by atoms with Gasteiger partial charge in [-0.1, -0.05) is 6.07 Å². The van der Waals surface area contributed by atoms with Crippen molar-refractivity contribution >= 4 is 11.7 Å². The summed E-state index contributed by atoms with van der Waals surface area (Å²) < 4.78 is 0. The second kappa shape index (κ2) is 5.02. The average molecular weight is 229 g/mol. The third-order valence-electron chi connectivity index (χ3n) is 2.12. The summed E-state index contributed by atoms with van der Waals surface area (Å²) in [6.45, 7) is 0.385. The van der Waals surface area contributed by atoms with E-state index < -0.39 is 0 Å². The normalized spacial score (nSPS) is 9.88. The topological polar surface area (TPSA) is 93.8 Å². The molecule has 2 rings (SSSR count). The van der Waals surface area contributed by atoms with Gasteiger partial charge in [0, 0.05) is 18.9 Å². The number of hydrogen-bond donors (Lipinski definition) is 2. The first-order valence-corrected chi connectivity index (χ1v) is 5.00. The lowest BCUT2D eigenvalue weighted by Gasteiger charge is -2.04. The van der Waals surface area contributed by atoms with Crippen molar-refractivity contribution in [3.05, 3.63) is 48.2 Å². The third kappa shape index (κ3) is 2.97. The molecule has 0 aliphatic rings. The molecular weight excluding hydrogens is 218 g/mol. The van der Waals surface area contributed by atoms with Gasteiger partial charge >= 0.3 is 0 Å². The van der Waals surface area contributed by atoms with Crippen molar-refractivity contribution in [3.8, 4) is 0 Å². The fraction of sp³-hybridized carbons (Fsp3) is 0.0909. The number of carbonyl (C=O) groups is 1. The van der Waals surface area contributed by atoms with Gasteiger partial charge in [0.25, 0.3) is 5.91 Å². The molecule has 0 aliphatic carbocycles. The second-order valence-corrected chi connectivity index (χ2v) is 3.37. The van der Waals surface area contributed by atoms with Gasteiger partial charge in [-0.3, -0.25) is 4.79 Å². The Balaban J connectivity index is 1.95. The maximum Gasteiger partial charge on any atom is 0.270 e. The molecule has 86 valence electrons. The SMILES string of the molecule is Nc1ccc(CNC(=O)c2ccncn2)cn1. The standard InChI is InChI=1S/C11H11N5O/c12-10-2-1-8(5-14-10)6-15-11(17)9-3-4-13-7-16-9/h1-5,7H,6H2,(H2,12,14)(H,15,17). The van der Waals surface area contributed by atoms with Gasteiger partial charge in [-0.05, 0) is 17.7 Å². The molecule has 2 aromatic heterocycles. The molecule has 0 bridgehead atoms. The predicted octanol–water partition coefficient (Wildman–Crippen LogP) is 0.384. The molecule has 6 nitrogen and oxygen atoms in total. The first-order chi connectivity index (χ1) is 8.25. The number of nitrogen functional groups attached to an aromatic ring is 1. The van der Waals surface area contributed by atoms with Crippen molar-refractivity contribution in [2.24, 2.45) is 0 Å². The van der Waals surface area contributed by atoms with Crippen LogP contribution in [-0.4, -0.2) is 20.9 Å². The van der Waals surface area contributed by atoms with Crippen molar-refractivity contribution in [2.75, 3.05) is 5.73 Å². The van der Waals surface area contributed by atoms with Crippen LogP contribution in [0, 0.1) is 0 Å². The van der Waals surface area contributed by atoms with E-state index in [4.69, 9.17) is 5.73 Å². The molecule has 2 aromatic rings. The van der Waals surface area contributed by atoms with Gasteiger partial charge in [0.2, 0.25) is 0 Å². The summed E-state index contributed by atoms with van der Waals surface area (Å²) in [5, 5.41) is 2.72. The number of amides is 1. The third-order valence-corrected chi connectivity index (χ3v) is 2.12. The molecule has 0 atom stereocenters. The number of pyridine rings is 1. The maximum atomic E-state index is 11.6. The number of nitrogens with zero attached hydrogens (tertiary/aromatic N) is 3. The summed E-state index contributed by atoms with van der Waals surface area (Å²) in [6.07, 6.45) is 4.47. The highest BCUT2D eigenvalue weighted by Gasteiger charge is 2.05. The lowest BCUT2D eigenvalue weighted by atomic mass is 10.2. The first-order valence-electron chi connectivity index (χ1n) is 5.00. The Kier molecular flexibility index (Phi) is 3.25. The van der Waals surface area contributed by atoms with E-state index in [9.17, 15) is 4.79 Å². The van der Waals surface area contributed by atoms with Crippen LogP contribution in [-0.2, 0) is 6.54 Å². The molecule has 0 aliphatic heterocycles. The van der Waals surface area contributed by atoms with Crippen molar-refractivity contribution < 1.29 is 4.79 Å². The minimum Gasteiger partial charge on any atom is -0.384 e. The zero-order chi connectivity index (χ0) is 12.1. The van der Waals surface area contributed by atoms with Gasteiger partial charge in [0.1, 0.15) is 17.8 Å². The Morgan fingerprint density at radius 1 is 1.29 bits per heavy atom. The highest BCUT2D eigenvalue weighted by Crippen LogP contribution is 2.01. The molecule has 6 heteroatoms. The number of carbonyl (C=O) groups excluding carboxylic acids is 1. The Hall–Kier alpha value is -2.50. The minimum absolute atomic E-state index is 0.246. The smallest absolute Gasteiger partial charge is 0.270 e. The molecule has 1 amide bonds. The van der Waals surface area contributed by atoms with Gasteiger partial charge in [-0.25, -0.2) is 15.0 Å². The van der Waals surface area contributed by atoms with Crippen LogP contribution in [0.3, 0.4) is 0 Å². The lowest BCUT2D eigenvalue weighted by molar-refractivity contribution is 0.0945. The van der Waals surface area contributed by atoms with E-state index in [1.54, 1.807) is 18.3 Å². The summed E-state index contributed by atoms with van der Waals surface area (Å²) >= 11 is 0. The first kappa shape index (κ1) is 11.0. The van der Waals surface area contributed by atoms with Crippen LogP contribution in [0.4, 0.5) is 5.82 Å². The molecule has 3 N–H and O–H groups in total. The van der Waals surface area contributed by atoms with Gasteiger partial charge in [0.05, 0.1) is 0 Å². The number of nitrogens with two attached hydrogens (primary N) is 1. The highest BCUT2D eigenvalue weighted by atomic mass is 16.1. The van der Waals surface area contributed by atoms with Gasteiger partial charge in [0.15, 0.2) is 0 Å². The van der Waals surface area contributed by atoms with E-state index >= 15 is 0 Å². The zero-order valence-corrected chi connectivity index (χ0v) is 9.00. The van der Waals surface area contributed by atoms with Crippen LogP contribution < -0.4 is 11.1 Å². The monoisotopic (exact) mass is 229 g/mol. The molecule has 17 heavy (non-hydrogen) atoms. The number of anilines is 1. The van der Waals surface area contributed by atoms with Crippen molar-refractivity contribution in [1.29, 1.82) is 0 Å². The molecular formula is C11H11N5O. The molecule has 0 saturated heterocycles. The zero-order valence-electron chi connectivity index (χ0n) is 9.00. The fourth-order valence-corrected chi connectivity index (χ4v) is 1.24. The molecule has 0 aromatic carbocycles. The van der Waals surface area contributed by atoms with Crippen LogP contribution in [0.1, 0.15) is 16.1 Å². The van der Waals surface area contributed by atoms with Crippen LogP contribution in [0.2, 0.25) is 0 Å². The summed E-state index contributed by atoms with van der Waals surface area (Å²) in [6, 6.07) is 5.05. The van der Waals surface area contributed by atoms with E-state index in [-0.39, 0.29) is 5.91 Å². The number of rotatable bonds is 3. The van der Waals surface area contributed by atoms with E-state index in [1.165, 1.54) is 12.5 Å². The van der Waals surface area contributed by atoms with Crippen LogP contribution >= 0.6 is 0 Å². The van der Waals surface area contributed by atoms with E-state index in [2.05, 4.69) is 20.3 Å². The Bertz CT molecular complexity index is 497. The Morgan fingerprint density at radius 2 is 2.18 bits per heavy atom. The maximum absolute atomic E-state index is 11.6. The largest absolute Gasteiger partial charge is 0.384 e. The Morgan fingerprint density at radius 3 is 2.82 bits per heavy atom. The van der Waals surface area contributed by atoms with E-state index in [0.717, 1.165) is 5.56 Å². The van der Waals surface area contributed by atoms with Crippen LogP contribution in [0.15, 0.2) is 36.9 Å². The van der Waals surface area contributed by atoms with Crippen molar-refractivity contribution in [3.63, 3.8) is 0 Å². The molecule has 0 radical (unpaired) electrons. The summed E-state index contributed by atoms with van der Waals surface area (Å²) in [5.41, 5.74) is 6.67. The predicted molar refractivity (Wildman–Crippen MR) is 61.9 cm³/mol. The average Bonchev–Trinajstić information content (AvgIpc) is 2.39. The summed E-state index contributed by atoms with van der Waals surface area (Å²) in [7, 11) is 0. The Labute approximate surface area is 97.9 Å². The molecule has 0 unspecified atom stereocenters.